The average molecular weight is 309 g/mol. The van der Waals surface area contributed by atoms with Crippen molar-refractivity contribution >= 4 is 5.97 Å². The van der Waals surface area contributed by atoms with Crippen molar-refractivity contribution in [1.82, 2.24) is 5.32 Å². The highest BCUT2D eigenvalue weighted by atomic mass is 19.1. The van der Waals surface area contributed by atoms with Crippen LogP contribution in [0.1, 0.15) is 37.4 Å². The van der Waals surface area contributed by atoms with E-state index >= 15 is 0 Å². The van der Waals surface area contributed by atoms with E-state index in [1.54, 1.807) is 12.1 Å². The first-order valence-electron chi connectivity index (χ1n) is 7.45. The van der Waals surface area contributed by atoms with Gasteiger partial charge in [-0.25, -0.2) is 4.39 Å². The van der Waals surface area contributed by atoms with Crippen molar-refractivity contribution in [2.24, 2.45) is 5.92 Å². The molecule has 0 radical (unpaired) electrons. The quantitative estimate of drug-likeness (QED) is 0.897. The average Bonchev–Trinajstić information content (AvgIpc) is 2.95. The molecule has 1 fully saturated rings. The zero-order valence-corrected chi connectivity index (χ0v) is 12.7. The van der Waals surface area contributed by atoms with Gasteiger partial charge in [-0.3, -0.25) is 4.79 Å². The number of carbonyl (C=O) groups is 1. The van der Waals surface area contributed by atoms with Gasteiger partial charge in [0.2, 0.25) is 0 Å². The normalized spacial score (nSPS) is 24.3. The summed E-state index contributed by atoms with van der Waals surface area (Å²) in [5.41, 5.74) is -0.283. The number of rotatable bonds is 3. The van der Waals surface area contributed by atoms with Gasteiger partial charge in [0.1, 0.15) is 18.9 Å². The lowest BCUT2D eigenvalue weighted by Crippen LogP contribution is -2.22. The Morgan fingerprint density at radius 1 is 1.32 bits per heavy atom. The molecule has 6 heteroatoms. The predicted octanol–water partition coefficient (Wildman–Crippen LogP) is 2.40. The molecule has 1 saturated heterocycles. The first-order valence-corrected chi connectivity index (χ1v) is 7.45. The molecule has 2 aliphatic rings. The minimum absolute atomic E-state index is 0.193. The van der Waals surface area contributed by atoms with E-state index in [0.29, 0.717) is 43.2 Å². The second-order valence-corrected chi connectivity index (χ2v) is 6.29. The zero-order chi connectivity index (χ0) is 15.9. The Hall–Kier alpha value is -1.82. The number of benzene rings is 1. The fraction of sp³-hybridized carbons (Fsp3) is 0.562. The van der Waals surface area contributed by atoms with Gasteiger partial charge in [-0.1, -0.05) is 0 Å². The van der Waals surface area contributed by atoms with E-state index < -0.39 is 17.6 Å². The molecule has 0 bridgehead atoms. The Kier molecular flexibility index (Phi) is 3.72. The summed E-state index contributed by atoms with van der Waals surface area (Å²) in [6.07, 6.45) is 0.443. The highest BCUT2D eigenvalue weighted by molar-refractivity contribution is 5.71. The second kappa shape index (κ2) is 5.43. The van der Waals surface area contributed by atoms with E-state index in [1.807, 2.05) is 0 Å². The number of carboxylic acids is 1. The molecular weight excluding hydrogens is 289 g/mol. The van der Waals surface area contributed by atoms with Crippen LogP contribution in [-0.4, -0.2) is 30.8 Å². The summed E-state index contributed by atoms with van der Waals surface area (Å²) in [4.78, 5) is 11.1. The molecule has 22 heavy (non-hydrogen) atoms. The number of nitrogens with one attached hydrogen (secondary N) is 1. The third-order valence-electron chi connectivity index (χ3n) is 4.21. The smallest absolute Gasteiger partial charge is 0.307 e. The molecule has 120 valence electrons. The number of carboxylic acid groups (broad SMARTS) is 1. The standard InChI is InChI=1S/C16H20FNO4/c1-16(2,17)11-7-14-13(21-3-4-22-14)6-10(11)12-5-9(8-18-12)15(19)20/h6-7,9,12,18H,3-5,8H2,1-2H3,(H,19,20). The molecule has 0 aromatic heterocycles. The van der Waals surface area contributed by atoms with Crippen LogP contribution in [0.4, 0.5) is 4.39 Å². The van der Waals surface area contributed by atoms with Gasteiger partial charge in [-0.15, -0.1) is 0 Å². The monoisotopic (exact) mass is 309 g/mol. The van der Waals surface area contributed by atoms with Gasteiger partial charge in [0.15, 0.2) is 11.5 Å². The van der Waals surface area contributed by atoms with Crippen molar-refractivity contribution in [2.45, 2.75) is 32.0 Å². The van der Waals surface area contributed by atoms with Crippen LogP contribution in [0, 0.1) is 5.92 Å². The summed E-state index contributed by atoms with van der Waals surface area (Å²) in [6.45, 7) is 4.28. The van der Waals surface area contributed by atoms with Gasteiger partial charge >= 0.3 is 5.97 Å². The van der Waals surface area contributed by atoms with Crippen molar-refractivity contribution in [3.63, 3.8) is 0 Å². The molecule has 1 aromatic rings. The van der Waals surface area contributed by atoms with E-state index in [1.165, 1.54) is 13.8 Å². The highest BCUT2D eigenvalue weighted by Crippen LogP contribution is 2.42. The topological polar surface area (TPSA) is 67.8 Å². The van der Waals surface area contributed by atoms with Crippen LogP contribution in [0.2, 0.25) is 0 Å². The van der Waals surface area contributed by atoms with E-state index in [0.717, 1.165) is 5.56 Å². The maximum Gasteiger partial charge on any atom is 0.307 e. The maximum atomic E-state index is 14.6. The van der Waals surface area contributed by atoms with E-state index in [-0.39, 0.29) is 6.04 Å². The van der Waals surface area contributed by atoms with Gasteiger partial charge in [0.05, 0.1) is 5.92 Å². The fourth-order valence-electron chi connectivity index (χ4n) is 3.07. The predicted molar refractivity (Wildman–Crippen MR) is 78.1 cm³/mol. The molecule has 3 rings (SSSR count). The third kappa shape index (κ3) is 2.75. The first-order chi connectivity index (χ1) is 10.4. The van der Waals surface area contributed by atoms with E-state index in [9.17, 15) is 9.18 Å². The highest BCUT2D eigenvalue weighted by Gasteiger charge is 2.35. The van der Waals surface area contributed by atoms with Gasteiger partial charge in [0, 0.05) is 12.6 Å². The van der Waals surface area contributed by atoms with Crippen molar-refractivity contribution in [3.05, 3.63) is 23.3 Å². The Bertz CT molecular complexity index is 597. The molecule has 0 spiro atoms. The Morgan fingerprint density at radius 2 is 1.95 bits per heavy atom. The molecule has 0 saturated carbocycles. The molecule has 0 amide bonds. The lowest BCUT2D eigenvalue weighted by atomic mass is 9.88. The molecule has 2 unspecified atom stereocenters. The van der Waals surface area contributed by atoms with Crippen LogP contribution in [-0.2, 0) is 10.5 Å². The molecule has 5 nitrogen and oxygen atoms in total. The molecule has 2 aliphatic heterocycles. The minimum atomic E-state index is -1.55. The second-order valence-electron chi connectivity index (χ2n) is 6.29. The minimum Gasteiger partial charge on any atom is -0.486 e. The number of hydrogen-bond donors (Lipinski definition) is 2. The molecule has 2 atom stereocenters. The summed E-state index contributed by atoms with van der Waals surface area (Å²) in [5, 5.41) is 12.3. The Balaban J connectivity index is 2.00. The van der Waals surface area contributed by atoms with Crippen LogP contribution in [0.5, 0.6) is 11.5 Å². The van der Waals surface area contributed by atoms with E-state index in [4.69, 9.17) is 14.6 Å². The lowest BCUT2D eigenvalue weighted by molar-refractivity contribution is -0.141. The summed E-state index contributed by atoms with van der Waals surface area (Å²) in [7, 11) is 0. The number of halogens is 1. The zero-order valence-electron chi connectivity index (χ0n) is 12.7. The van der Waals surface area contributed by atoms with Crippen molar-refractivity contribution in [3.8, 4) is 11.5 Å². The largest absolute Gasteiger partial charge is 0.486 e. The Labute approximate surface area is 128 Å². The van der Waals surface area contributed by atoms with Crippen LogP contribution in [0.3, 0.4) is 0 Å². The number of alkyl halides is 1. The van der Waals surface area contributed by atoms with Crippen molar-refractivity contribution in [2.75, 3.05) is 19.8 Å². The fourth-order valence-corrected chi connectivity index (χ4v) is 3.07. The molecule has 2 heterocycles. The maximum absolute atomic E-state index is 14.6. The molecular formula is C16H20FNO4. The van der Waals surface area contributed by atoms with Crippen LogP contribution < -0.4 is 14.8 Å². The first kappa shape index (κ1) is 15.1. The van der Waals surface area contributed by atoms with Crippen LogP contribution in [0.25, 0.3) is 0 Å². The number of aliphatic carboxylic acids is 1. The van der Waals surface area contributed by atoms with Crippen LogP contribution >= 0.6 is 0 Å². The van der Waals surface area contributed by atoms with Gasteiger partial charge in [0.25, 0.3) is 0 Å². The summed E-state index contributed by atoms with van der Waals surface area (Å²) >= 11 is 0. The summed E-state index contributed by atoms with van der Waals surface area (Å²) < 4.78 is 25.7. The SMILES string of the molecule is CC(C)(F)c1cc2c(cc1C1CC(C(=O)O)CN1)OCCO2. The van der Waals surface area contributed by atoms with Crippen molar-refractivity contribution in [1.29, 1.82) is 0 Å². The summed E-state index contributed by atoms with van der Waals surface area (Å²) in [5.74, 6) is -0.138. The lowest BCUT2D eigenvalue weighted by Gasteiger charge is -2.27. The van der Waals surface area contributed by atoms with Crippen LogP contribution in [0.15, 0.2) is 12.1 Å². The van der Waals surface area contributed by atoms with E-state index in [2.05, 4.69) is 5.32 Å². The Morgan fingerprint density at radius 3 is 2.50 bits per heavy atom. The number of hydrogen-bond acceptors (Lipinski definition) is 4. The van der Waals surface area contributed by atoms with Gasteiger partial charge in [-0.2, -0.15) is 0 Å². The van der Waals surface area contributed by atoms with Gasteiger partial charge in [-0.05, 0) is 43.5 Å². The van der Waals surface area contributed by atoms with Gasteiger partial charge < -0.3 is 19.9 Å². The molecule has 2 N–H and O–H groups in total. The van der Waals surface area contributed by atoms with Crippen molar-refractivity contribution < 1.29 is 23.8 Å². The summed E-state index contributed by atoms with van der Waals surface area (Å²) in [6, 6.07) is 3.27. The molecule has 1 aromatic carbocycles. The number of fused-ring (bicyclic) bond motifs is 1. The number of ether oxygens (including phenoxy) is 2. The molecule has 0 aliphatic carbocycles. The third-order valence-corrected chi connectivity index (χ3v) is 4.21.